The molecule has 0 unspecified atom stereocenters. The zero-order valence-electron chi connectivity index (χ0n) is 11.1. The SMILES string of the molecule is Cc1ccc(CNc2cc(N)nc(C3CC3)n2)cc1. The van der Waals surface area contributed by atoms with Crippen LogP contribution >= 0.6 is 0 Å². The molecule has 0 saturated heterocycles. The molecule has 1 saturated carbocycles. The van der Waals surface area contributed by atoms with Crippen LogP contribution in [0.15, 0.2) is 30.3 Å². The van der Waals surface area contributed by atoms with Crippen LogP contribution in [0.25, 0.3) is 0 Å². The van der Waals surface area contributed by atoms with Gasteiger partial charge in [0.05, 0.1) is 0 Å². The fourth-order valence-electron chi connectivity index (χ4n) is 2.00. The molecule has 4 nitrogen and oxygen atoms in total. The van der Waals surface area contributed by atoms with Gasteiger partial charge < -0.3 is 11.1 Å². The van der Waals surface area contributed by atoms with E-state index in [2.05, 4.69) is 46.5 Å². The van der Waals surface area contributed by atoms with Gasteiger partial charge >= 0.3 is 0 Å². The Labute approximate surface area is 113 Å². The molecule has 1 fully saturated rings. The van der Waals surface area contributed by atoms with Gasteiger partial charge in [-0.3, -0.25) is 0 Å². The van der Waals surface area contributed by atoms with Crippen molar-refractivity contribution >= 4 is 11.6 Å². The van der Waals surface area contributed by atoms with Crippen molar-refractivity contribution in [1.29, 1.82) is 0 Å². The van der Waals surface area contributed by atoms with E-state index >= 15 is 0 Å². The molecule has 0 amide bonds. The highest BCUT2D eigenvalue weighted by Gasteiger charge is 2.27. The van der Waals surface area contributed by atoms with Gasteiger partial charge in [-0.25, -0.2) is 9.97 Å². The molecule has 0 aliphatic heterocycles. The zero-order chi connectivity index (χ0) is 13.2. The summed E-state index contributed by atoms with van der Waals surface area (Å²) in [7, 11) is 0. The molecule has 1 aliphatic carbocycles. The smallest absolute Gasteiger partial charge is 0.136 e. The van der Waals surface area contributed by atoms with E-state index in [9.17, 15) is 0 Å². The van der Waals surface area contributed by atoms with E-state index in [0.29, 0.717) is 11.7 Å². The summed E-state index contributed by atoms with van der Waals surface area (Å²) in [6, 6.07) is 10.3. The molecule has 0 spiro atoms. The predicted molar refractivity (Wildman–Crippen MR) is 76.9 cm³/mol. The third-order valence-corrected chi connectivity index (χ3v) is 3.30. The van der Waals surface area contributed by atoms with Crippen molar-refractivity contribution in [1.82, 2.24) is 9.97 Å². The lowest BCUT2D eigenvalue weighted by atomic mass is 10.1. The lowest BCUT2D eigenvalue weighted by Crippen LogP contribution is -2.06. The average molecular weight is 254 g/mol. The van der Waals surface area contributed by atoms with Crippen LogP contribution in [0.4, 0.5) is 11.6 Å². The van der Waals surface area contributed by atoms with Crippen LogP contribution in [-0.4, -0.2) is 9.97 Å². The van der Waals surface area contributed by atoms with E-state index < -0.39 is 0 Å². The highest BCUT2D eigenvalue weighted by molar-refractivity contribution is 5.45. The Balaban J connectivity index is 1.70. The summed E-state index contributed by atoms with van der Waals surface area (Å²) in [6.45, 7) is 2.84. The summed E-state index contributed by atoms with van der Waals surface area (Å²) in [5.74, 6) is 2.76. The maximum atomic E-state index is 5.82. The Morgan fingerprint density at radius 3 is 2.63 bits per heavy atom. The number of nitrogens with one attached hydrogen (secondary N) is 1. The molecule has 1 aromatic carbocycles. The number of nitrogens with two attached hydrogens (primary N) is 1. The van der Waals surface area contributed by atoms with E-state index in [1.165, 1.54) is 24.0 Å². The number of nitrogen functional groups attached to an aromatic ring is 1. The van der Waals surface area contributed by atoms with Crippen molar-refractivity contribution in [2.24, 2.45) is 0 Å². The topological polar surface area (TPSA) is 63.8 Å². The summed E-state index contributed by atoms with van der Waals surface area (Å²) in [6.07, 6.45) is 2.36. The Kier molecular flexibility index (Phi) is 3.07. The van der Waals surface area contributed by atoms with Crippen molar-refractivity contribution in [2.45, 2.75) is 32.2 Å². The van der Waals surface area contributed by atoms with Gasteiger partial charge in [0, 0.05) is 18.5 Å². The van der Waals surface area contributed by atoms with Crippen LogP contribution < -0.4 is 11.1 Å². The molecule has 19 heavy (non-hydrogen) atoms. The van der Waals surface area contributed by atoms with Crippen LogP contribution in [0, 0.1) is 6.92 Å². The number of aromatic nitrogens is 2. The first-order valence-electron chi connectivity index (χ1n) is 6.64. The quantitative estimate of drug-likeness (QED) is 0.880. The summed E-state index contributed by atoms with van der Waals surface area (Å²) in [5, 5.41) is 3.31. The first-order valence-corrected chi connectivity index (χ1v) is 6.64. The molecule has 1 aliphatic rings. The summed E-state index contributed by atoms with van der Waals surface area (Å²) < 4.78 is 0. The minimum atomic E-state index is 0.517. The Morgan fingerprint density at radius 2 is 1.95 bits per heavy atom. The van der Waals surface area contributed by atoms with Crippen LogP contribution in [0.2, 0.25) is 0 Å². The molecule has 1 heterocycles. The lowest BCUT2D eigenvalue weighted by molar-refractivity contribution is 0.926. The lowest BCUT2D eigenvalue weighted by Gasteiger charge is -2.08. The van der Waals surface area contributed by atoms with Crippen LogP contribution in [-0.2, 0) is 6.54 Å². The molecule has 0 atom stereocenters. The van der Waals surface area contributed by atoms with E-state index in [4.69, 9.17) is 5.73 Å². The van der Waals surface area contributed by atoms with Crippen molar-refractivity contribution in [3.8, 4) is 0 Å². The van der Waals surface area contributed by atoms with Crippen LogP contribution in [0.3, 0.4) is 0 Å². The molecule has 0 bridgehead atoms. The van der Waals surface area contributed by atoms with Crippen molar-refractivity contribution in [3.05, 3.63) is 47.3 Å². The maximum absolute atomic E-state index is 5.82. The maximum Gasteiger partial charge on any atom is 0.136 e. The standard InChI is InChI=1S/C15H18N4/c1-10-2-4-11(5-3-10)9-17-14-8-13(16)18-15(19-14)12-6-7-12/h2-5,8,12H,6-7,9H2,1H3,(H3,16,17,18,19). The van der Waals surface area contributed by atoms with Gasteiger partial charge in [-0.15, -0.1) is 0 Å². The Bertz CT molecular complexity index is 573. The number of hydrogen-bond donors (Lipinski definition) is 2. The highest BCUT2D eigenvalue weighted by Crippen LogP contribution is 2.38. The zero-order valence-corrected chi connectivity index (χ0v) is 11.1. The van der Waals surface area contributed by atoms with E-state index in [1.807, 2.05) is 0 Å². The third-order valence-electron chi connectivity index (χ3n) is 3.30. The predicted octanol–water partition coefficient (Wildman–Crippen LogP) is 2.86. The second-order valence-electron chi connectivity index (χ2n) is 5.15. The van der Waals surface area contributed by atoms with Gasteiger partial charge in [-0.1, -0.05) is 29.8 Å². The molecule has 1 aromatic heterocycles. The number of rotatable bonds is 4. The minimum absolute atomic E-state index is 0.517. The minimum Gasteiger partial charge on any atom is -0.384 e. The Hall–Kier alpha value is -2.10. The first kappa shape index (κ1) is 12.0. The Morgan fingerprint density at radius 1 is 1.21 bits per heavy atom. The highest BCUT2D eigenvalue weighted by atomic mass is 15.1. The van der Waals surface area contributed by atoms with Crippen molar-refractivity contribution in [2.75, 3.05) is 11.1 Å². The van der Waals surface area contributed by atoms with E-state index in [1.54, 1.807) is 6.07 Å². The van der Waals surface area contributed by atoms with E-state index in [0.717, 1.165) is 18.2 Å². The molecule has 3 N–H and O–H groups in total. The first-order chi connectivity index (χ1) is 9.20. The molecular formula is C15H18N4. The van der Waals surface area contributed by atoms with Crippen LogP contribution in [0.5, 0.6) is 0 Å². The van der Waals surface area contributed by atoms with Gasteiger partial charge in [0.15, 0.2) is 0 Å². The molecule has 4 heteroatoms. The number of hydrogen-bond acceptors (Lipinski definition) is 4. The van der Waals surface area contributed by atoms with Gasteiger partial charge in [-0.05, 0) is 25.3 Å². The van der Waals surface area contributed by atoms with Gasteiger partial charge in [-0.2, -0.15) is 0 Å². The molecular weight excluding hydrogens is 236 g/mol. The van der Waals surface area contributed by atoms with Gasteiger partial charge in [0.25, 0.3) is 0 Å². The number of anilines is 2. The number of nitrogens with zero attached hydrogens (tertiary/aromatic N) is 2. The number of aryl methyl sites for hydroxylation is 1. The normalized spacial score (nSPS) is 14.4. The molecule has 98 valence electrons. The van der Waals surface area contributed by atoms with Crippen LogP contribution in [0.1, 0.15) is 35.7 Å². The van der Waals surface area contributed by atoms with Crippen molar-refractivity contribution in [3.63, 3.8) is 0 Å². The third kappa shape index (κ3) is 3.02. The summed E-state index contributed by atoms with van der Waals surface area (Å²) in [4.78, 5) is 8.82. The van der Waals surface area contributed by atoms with Gasteiger partial charge in [0.1, 0.15) is 17.5 Å². The summed E-state index contributed by atoms with van der Waals surface area (Å²) >= 11 is 0. The average Bonchev–Trinajstić information content (AvgIpc) is 3.22. The van der Waals surface area contributed by atoms with E-state index in [-0.39, 0.29) is 0 Å². The molecule has 2 aromatic rings. The molecule has 0 radical (unpaired) electrons. The fourth-order valence-corrected chi connectivity index (χ4v) is 2.00. The second-order valence-corrected chi connectivity index (χ2v) is 5.15. The fraction of sp³-hybridized carbons (Fsp3) is 0.333. The largest absolute Gasteiger partial charge is 0.384 e. The number of benzene rings is 1. The molecule has 3 rings (SSSR count). The summed E-state index contributed by atoms with van der Waals surface area (Å²) in [5.41, 5.74) is 8.32. The monoisotopic (exact) mass is 254 g/mol. The van der Waals surface area contributed by atoms with Gasteiger partial charge in [0.2, 0.25) is 0 Å². The van der Waals surface area contributed by atoms with Crippen molar-refractivity contribution < 1.29 is 0 Å². The second kappa shape index (κ2) is 4.88.